The molecule has 4 heteroatoms. The summed E-state index contributed by atoms with van der Waals surface area (Å²) in [7, 11) is 0. The Morgan fingerprint density at radius 3 is 3.29 bits per heavy atom. The maximum Gasteiger partial charge on any atom is 0.231 e. The Morgan fingerprint density at radius 2 is 2.57 bits per heavy atom. The molecule has 4 nitrogen and oxygen atoms in total. The van der Waals surface area contributed by atoms with Crippen LogP contribution >= 0.6 is 0 Å². The standard InChI is InChI=1S/C10H11N3O/c11-6-8-2-1-4-13-10(8)14-9-3-5-12-7-9/h1-2,4,9,12H,3,5,7H2/t9-/m0/s1. The van der Waals surface area contributed by atoms with E-state index >= 15 is 0 Å². The van der Waals surface area contributed by atoms with Gasteiger partial charge in [0, 0.05) is 12.7 Å². The first-order valence-corrected chi connectivity index (χ1v) is 4.62. The highest BCUT2D eigenvalue weighted by Gasteiger charge is 2.17. The van der Waals surface area contributed by atoms with Crippen LogP contribution < -0.4 is 10.1 Å². The van der Waals surface area contributed by atoms with Crippen molar-refractivity contribution < 1.29 is 4.74 Å². The predicted octanol–water partition coefficient (Wildman–Crippen LogP) is 0.694. The molecule has 0 unspecified atom stereocenters. The summed E-state index contributed by atoms with van der Waals surface area (Å²) in [6.07, 6.45) is 2.76. The van der Waals surface area contributed by atoms with Crippen LogP contribution in [0.1, 0.15) is 12.0 Å². The number of nitrogens with zero attached hydrogens (tertiary/aromatic N) is 2. The lowest BCUT2D eigenvalue weighted by Gasteiger charge is -2.11. The van der Waals surface area contributed by atoms with Gasteiger partial charge < -0.3 is 10.1 Å². The normalized spacial score (nSPS) is 20.4. The Balaban J connectivity index is 2.11. The molecule has 72 valence electrons. The van der Waals surface area contributed by atoms with E-state index in [-0.39, 0.29) is 6.10 Å². The van der Waals surface area contributed by atoms with Crippen LogP contribution in [0.4, 0.5) is 0 Å². The van der Waals surface area contributed by atoms with Gasteiger partial charge in [0.2, 0.25) is 5.88 Å². The van der Waals surface area contributed by atoms with E-state index in [9.17, 15) is 0 Å². The second-order valence-electron chi connectivity index (χ2n) is 3.20. The third-order valence-corrected chi connectivity index (χ3v) is 2.19. The van der Waals surface area contributed by atoms with E-state index in [0.717, 1.165) is 19.5 Å². The van der Waals surface area contributed by atoms with Crippen molar-refractivity contribution in [2.24, 2.45) is 0 Å². The monoisotopic (exact) mass is 189 g/mol. The number of ether oxygens (including phenoxy) is 1. The molecule has 0 amide bonds. The van der Waals surface area contributed by atoms with Gasteiger partial charge in [-0.15, -0.1) is 0 Å². The Labute approximate surface area is 82.5 Å². The molecule has 1 N–H and O–H groups in total. The van der Waals surface area contributed by atoms with Gasteiger partial charge in [-0.1, -0.05) is 0 Å². The van der Waals surface area contributed by atoms with Gasteiger partial charge in [-0.2, -0.15) is 5.26 Å². The van der Waals surface area contributed by atoms with Crippen LogP contribution in [0.15, 0.2) is 18.3 Å². The molecule has 14 heavy (non-hydrogen) atoms. The highest BCUT2D eigenvalue weighted by molar-refractivity contribution is 5.37. The zero-order valence-electron chi connectivity index (χ0n) is 7.73. The van der Waals surface area contributed by atoms with Gasteiger partial charge in [0.1, 0.15) is 17.7 Å². The number of nitriles is 1. The number of nitrogens with one attached hydrogen (secondary N) is 1. The average molecular weight is 189 g/mol. The molecule has 0 spiro atoms. The van der Waals surface area contributed by atoms with Gasteiger partial charge in [-0.05, 0) is 25.1 Å². The van der Waals surface area contributed by atoms with Crippen molar-refractivity contribution in [3.05, 3.63) is 23.9 Å². The van der Waals surface area contributed by atoms with Crippen LogP contribution in [0.25, 0.3) is 0 Å². The van der Waals surface area contributed by atoms with Gasteiger partial charge >= 0.3 is 0 Å². The van der Waals surface area contributed by atoms with E-state index in [1.807, 2.05) is 0 Å². The van der Waals surface area contributed by atoms with E-state index in [2.05, 4.69) is 16.4 Å². The van der Waals surface area contributed by atoms with Gasteiger partial charge in [0.05, 0.1) is 0 Å². The maximum atomic E-state index is 8.81. The topological polar surface area (TPSA) is 57.9 Å². The molecule has 2 heterocycles. The highest BCUT2D eigenvalue weighted by Crippen LogP contribution is 2.16. The van der Waals surface area contributed by atoms with Gasteiger partial charge in [-0.3, -0.25) is 0 Å². The van der Waals surface area contributed by atoms with E-state index in [1.165, 1.54) is 0 Å². The summed E-state index contributed by atoms with van der Waals surface area (Å²) in [6.45, 7) is 1.81. The molecule has 0 radical (unpaired) electrons. The van der Waals surface area contributed by atoms with E-state index < -0.39 is 0 Å². The van der Waals surface area contributed by atoms with Crippen LogP contribution in [0.5, 0.6) is 5.88 Å². The first kappa shape index (κ1) is 8.97. The fourth-order valence-corrected chi connectivity index (χ4v) is 1.46. The predicted molar refractivity (Wildman–Crippen MR) is 50.9 cm³/mol. The summed E-state index contributed by atoms with van der Waals surface area (Å²) in [5.41, 5.74) is 0.499. The molecule has 1 aliphatic rings. The molecule has 1 aromatic heterocycles. The van der Waals surface area contributed by atoms with Crippen LogP contribution in [-0.2, 0) is 0 Å². The van der Waals surface area contributed by atoms with Crippen molar-refractivity contribution in [3.63, 3.8) is 0 Å². The lowest BCUT2D eigenvalue weighted by atomic mass is 10.3. The maximum absolute atomic E-state index is 8.81. The first-order chi connectivity index (χ1) is 6.90. The van der Waals surface area contributed by atoms with Crippen LogP contribution in [0.2, 0.25) is 0 Å². The number of hydrogen-bond donors (Lipinski definition) is 1. The number of rotatable bonds is 2. The summed E-state index contributed by atoms with van der Waals surface area (Å²) in [5.74, 6) is 0.448. The van der Waals surface area contributed by atoms with Crippen LogP contribution in [0, 0.1) is 11.3 Å². The largest absolute Gasteiger partial charge is 0.472 e. The molecule has 1 aliphatic heterocycles. The van der Waals surface area contributed by atoms with Gasteiger partial charge in [0.25, 0.3) is 0 Å². The Morgan fingerprint density at radius 1 is 1.64 bits per heavy atom. The number of hydrogen-bond acceptors (Lipinski definition) is 4. The summed E-state index contributed by atoms with van der Waals surface area (Å²) in [5, 5.41) is 12.0. The van der Waals surface area contributed by atoms with Crippen molar-refractivity contribution in [2.75, 3.05) is 13.1 Å². The average Bonchev–Trinajstić information content (AvgIpc) is 2.71. The van der Waals surface area contributed by atoms with Gasteiger partial charge in [-0.25, -0.2) is 4.98 Å². The molecule has 1 fully saturated rings. The third kappa shape index (κ3) is 1.83. The molecule has 2 rings (SSSR count). The molecular weight excluding hydrogens is 178 g/mol. The lowest BCUT2D eigenvalue weighted by molar-refractivity contribution is 0.213. The Hall–Kier alpha value is -1.60. The smallest absolute Gasteiger partial charge is 0.231 e. The van der Waals surface area contributed by atoms with Crippen LogP contribution in [-0.4, -0.2) is 24.2 Å². The summed E-state index contributed by atoms with van der Waals surface area (Å²) < 4.78 is 5.60. The molecule has 1 saturated heterocycles. The van der Waals surface area contributed by atoms with Crippen molar-refractivity contribution in [1.82, 2.24) is 10.3 Å². The Kier molecular flexibility index (Phi) is 2.61. The van der Waals surface area contributed by atoms with E-state index in [1.54, 1.807) is 18.3 Å². The highest BCUT2D eigenvalue weighted by atomic mass is 16.5. The molecule has 1 aromatic rings. The minimum absolute atomic E-state index is 0.150. The second-order valence-corrected chi connectivity index (χ2v) is 3.20. The summed E-state index contributed by atoms with van der Waals surface area (Å²) in [6, 6.07) is 5.51. The molecule has 0 aromatic carbocycles. The SMILES string of the molecule is N#Cc1cccnc1O[C@H]1CCNC1. The zero-order chi connectivity index (χ0) is 9.80. The lowest BCUT2D eigenvalue weighted by Crippen LogP contribution is -2.20. The number of aromatic nitrogens is 1. The molecule has 0 saturated carbocycles. The number of pyridine rings is 1. The van der Waals surface area contributed by atoms with E-state index in [0.29, 0.717) is 11.4 Å². The molecular formula is C10H11N3O. The second kappa shape index (κ2) is 4.07. The third-order valence-electron chi connectivity index (χ3n) is 2.19. The minimum Gasteiger partial charge on any atom is -0.472 e. The van der Waals surface area contributed by atoms with Gasteiger partial charge in [0.15, 0.2) is 0 Å². The fourth-order valence-electron chi connectivity index (χ4n) is 1.46. The minimum atomic E-state index is 0.150. The fraction of sp³-hybridized carbons (Fsp3) is 0.400. The van der Waals surface area contributed by atoms with Crippen molar-refractivity contribution in [1.29, 1.82) is 5.26 Å². The molecule has 0 aliphatic carbocycles. The Bertz CT molecular complexity index is 353. The van der Waals surface area contributed by atoms with Crippen molar-refractivity contribution >= 4 is 0 Å². The zero-order valence-corrected chi connectivity index (χ0v) is 7.73. The van der Waals surface area contributed by atoms with Crippen molar-refractivity contribution in [3.8, 4) is 11.9 Å². The summed E-state index contributed by atoms with van der Waals surface area (Å²) in [4.78, 5) is 4.04. The van der Waals surface area contributed by atoms with E-state index in [4.69, 9.17) is 10.00 Å². The first-order valence-electron chi connectivity index (χ1n) is 4.62. The molecule has 1 atom stereocenters. The molecule has 0 bridgehead atoms. The quantitative estimate of drug-likeness (QED) is 0.743. The summed E-state index contributed by atoms with van der Waals surface area (Å²) >= 11 is 0. The van der Waals surface area contributed by atoms with Crippen molar-refractivity contribution in [2.45, 2.75) is 12.5 Å². The van der Waals surface area contributed by atoms with Crippen LogP contribution in [0.3, 0.4) is 0 Å².